The Morgan fingerprint density at radius 3 is 2.02 bits per heavy atom. The maximum absolute atomic E-state index is 13.2. The van der Waals surface area contributed by atoms with E-state index in [9.17, 15) is 9.90 Å². The average molecular weight is 665 g/mol. The van der Waals surface area contributed by atoms with Crippen molar-refractivity contribution in [3.8, 4) is 0 Å². The molecular formula is C41H52N4O4. The second kappa shape index (κ2) is 14.2. The number of piperazine rings is 1. The summed E-state index contributed by atoms with van der Waals surface area (Å²) in [5, 5.41) is 16.2. The molecule has 2 heterocycles. The van der Waals surface area contributed by atoms with Gasteiger partial charge in [-0.15, -0.1) is 0 Å². The Balaban J connectivity index is 0.925. The number of urea groups is 1. The molecule has 2 saturated heterocycles. The number of anilines is 1. The lowest BCUT2D eigenvalue weighted by Crippen LogP contribution is -2.60. The van der Waals surface area contributed by atoms with Gasteiger partial charge in [0.05, 0.1) is 18.8 Å². The Hall–Kier alpha value is -3.27. The molecule has 3 aromatic rings. The largest absolute Gasteiger partial charge is 0.392 e. The summed E-state index contributed by atoms with van der Waals surface area (Å²) in [5.74, 6) is 2.49. The number of hydrogen-bond acceptors (Lipinski definition) is 6. The number of aliphatic hydroxyl groups is 1. The molecule has 0 aromatic heterocycles. The molecule has 49 heavy (non-hydrogen) atoms. The molecule has 3 N–H and O–H groups in total. The highest BCUT2D eigenvalue weighted by molar-refractivity contribution is 5.89. The molecule has 4 bridgehead atoms. The minimum Gasteiger partial charge on any atom is -0.392 e. The van der Waals surface area contributed by atoms with Crippen molar-refractivity contribution in [1.82, 2.24) is 15.1 Å². The summed E-state index contributed by atoms with van der Waals surface area (Å²) < 4.78 is 13.5. The van der Waals surface area contributed by atoms with Crippen molar-refractivity contribution >= 4 is 11.7 Å². The van der Waals surface area contributed by atoms with Crippen LogP contribution in [-0.4, -0.2) is 65.3 Å². The number of rotatable bonds is 9. The summed E-state index contributed by atoms with van der Waals surface area (Å²) >= 11 is 0. The fraction of sp³-hybridized carbons (Fsp3) is 0.537. The molecule has 2 amide bonds. The van der Waals surface area contributed by atoms with Crippen molar-refractivity contribution in [1.29, 1.82) is 0 Å². The lowest BCUT2D eigenvalue weighted by Gasteiger charge is -2.56. The molecule has 0 radical (unpaired) electrons. The highest BCUT2D eigenvalue weighted by Gasteiger charge is 2.51. The lowest BCUT2D eigenvalue weighted by atomic mass is 9.53. The zero-order valence-corrected chi connectivity index (χ0v) is 28.8. The highest BCUT2D eigenvalue weighted by Crippen LogP contribution is 2.55. The predicted octanol–water partition coefficient (Wildman–Crippen LogP) is 6.88. The average Bonchev–Trinajstić information content (AvgIpc) is 3.10. The number of aliphatic hydroxyl groups excluding tert-OH is 1. The summed E-state index contributed by atoms with van der Waals surface area (Å²) in [6, 6.07) is 26.7. The molecule has 9 rings (SSSR count). The number of amides is 2. The topological polar surface area (TPSA) is 86.3 Å². The molecule has 4 saturated carbocycles. The minimum atomic E-state index is -0.530. The number of benzene rings is 3. The predicted molar refractivity (Wildman–Crippen MR) is 191 cm³/mol. The van der Waals surface area contributed by atoms with E-state index in [1.807, 2.05) is 36.4 Å². The Labute approximate surface area is 291 Å². The van der Waals surface area contributed by atoms with Crippen LogP contribution in [0, 0.1) is 23.7 Å². The smallest absolute Gasteiger partial charge is 0.319 e. The van der Waals surface area contributed by atoms with Crippen LogP contribution in [0.3, 0.4) is 0 Å². The minimum absolute atomic E-state index is 0.0206. The quantitative estimate of drug-likeness (QED) is 0.231. The van der Waals surface area contributed by atoms with E-state index in [1.165, 1.54) is 24.8 Å². The first-order chi connectivity index (χ1) is 23.9. The van der Waals surface area contributed by atoms with Crippen LogP contribution in [0.5, 0.6) is 0 Å². The van der Waals surface area contributed by atoms with Crippen molar-refractivity contribution in [2.75, 3.05) is 38.0 Å². The van der Waals surface area contributed by atoms with Crippen LogP contribution in [0.1, 0.15) is 80.1 Å². The van der Waals surface area contributed by atoms with Gasteiger partial charge in [-0.1, -0.05) is 73.7 Å². The second-order valence-electron chi connectivity index (χ2n) is 15.8. The Bertz CT molecular complexity index is 1520. The van der Waals surface area contributed by atoms with Crippen LogP contribution < -0.4 is 10.6 Å². The maximum Gasteiger partial charge on any atom is 0.319 e. The van der Waals surface area contributed by atoms with E-state index in [4.69, 9.17) is 9.47 Å². The van der Waals surface area contributed by atoms with Gasteiger partial charge in [0.15, 0.2) is 6.29 Å². The van der Waals surface area contributed by atoms with Crippen LogP contribution >= 0.6 is 0 Å². The van der Waals surface area contributed by atoms with Crippen LogP contribution in [-0.2, 0) is 22.6 Å². The van der Waals surface area contributed by atoms with Crippen molar-refractivity contribution in [2.24, 2.45) is 23.7 Å². The molecule has 0 unspecified atom stereocenters. The SMILES string of the molecule is C[C@@H]1[C@H](CN2CCN(Cc3ccccc3)CC2)O[C@H](c2ccc(NC(=O)NC34CC5CC(CC(C5)C3)C4)cc2)O[C@@H]1c1ccc(CO)cc1. The first-order valence-corrected chi connectivity index (χ1v) is 18.6. The molecular weight excluding hydrogens is 612 g/mol. The molecule has 8 heteroatoms. The normalized spacial score (nSPS) is 33.0. The third-order valence-corrected chi connectivity index (χ3v) is 12.1. The van der Waals surface area contributed by atoms with Gasteiger partial charge in [-0.05, 0) is 85.1 Å². The number of carbonyl (C=O) groups excluding carboxylic acids is 1. The lowest BCUT2D eigenvalue weighted by molar-refractivity contribution is -0.276. The monoisotopic (exact) mass is 664 g/mol. The summed E-state index contributed by atoms with van der Waals surface area (Å²) in [4.78, 5) is 18.3. The zero-order chi connectivity index (χ0) is 33.4. The van der Waals surface area contributed by atoms with Crippen molar-refractivity contribution in [2.45, 2.75) is 82.6 Å². The van der Waals surface area contributed by atoms with Crippen LogP contribution in [0.15, 0.2) is 78.9 Å². The third-order valence-electron chi connectivity index (χ3n) is 12.1. The van der Waals surface area contributed by atoms with Gasteiger partial charge in [-0.2, -0.15) is 0 Å². The van der Waals surface area contributed by atoms with Crippen LogP contribution in [0.25, 0.3) is 0 Å². The number of nitrogens with zero attached hydrogens (tertiary/aromatic N) is 2. The molecule has 6 fully saturated rings. The van der Waals surface area contributed by atoms with Crippen molar-refractivity contribution in [3.05, 3.63) is 101 Å². The van der Waals surface area contributed by atoms with E-state index in [0.717, 1.165) is 98.7 Å². The van der Waals surface area contributed by atoms with Gasteiger partial charge >= 0.3 is 6.03 Å². The van der Waals surface area contributed by atoms with Gasteiger partial charge in [0.25, 0.3) is 0 Å². The third kappa shape index (κ3) is 7.45. The summed E-state index contributed by atoms with van der Waals surface area (Å²) in [5.41, 5.74) is 5.03. The molecule has 3 aromatic carbocycles. The molecule has 8 nitrogen and oxygen atoms in total. The Morgan fingerprint density at radius 2 is 1.39 bits per heavy atom. The van der Waals surface area contributed by atoms with Crippen LogP contribution in [0.4, 0.5) is 10.5 Å². The Morgan fingerprint density at radius 1 is 0.776 bits per heavy atom. The van der Waals surface area contributed by atoms with Gasteiger partial charge in [0.1, 0.15) is 0 Å². The van der Waals surface area contributed by atoms with Gasteiger partial charge in [0.2, 0.25) is 0 Å². The molecule has 0 spiro atoms. The van der Waals surface area contributed by atoms with Gasteiger partial charge in [0, 0.05) is 62.0 Å². The van der Waals surface area contributed by atoms with Crippen molar-refractivity contribution < 1.29 is 19.4 Å². The van der Waals surface area contributed by atoms with Gasteiger partial charge < -0.3 is 25.2 Å². The fourth-order valence-electron chi connectivity index (χ4n) is 9.94. The van der Waals surface area contributed by atoms with E-state index >= 15 is 0 Å². The Kier molecular flexibility index (Phi) is 9.51. The maximum atomic E-state index is 13.2. The van der Waals surface area contributed by atoms with Crippen molar-refractivity contribution in [3.63, 3.8) is 0 Å². The van der Waals surface area contributed by atoms with E-state index < -0.39 is 6.29 Å². The van der Waals surface area contributed by atoms with Gasteiger partial charge in [-0.3, -0.25) is 9.80 Å². The summed E-state index contributed by atoms with van der Waals surface area (Å²) in [7, 11) is 0. The zero-order valence-electron chi connectivity index (χ0n) is 28.8. The van der Waals surface area contributed by atoms with Gasteiger partial charge in [-0.25, -0.2) is 4.79 Å². The van der Waals surface area contributed by atoms with E-state index in [1.54, 1.807) is 0 Å². The van der Waals surface area contributed by atoms with E-state index in [2.05, 4.69) is 69.8 Å². The molecule has 6 aliphatic rings. The van der Waals surface area contributed by atoms with E-state index in [-0.39, 0.29) is 36.3 Å². The summed E-state index contributed by atoms with van der Waals surface area (Å²) in [6.45, 7) is 8.16. The molecule has 260 valence electrons. The summed E-state index contributed by atoms with van der Waals surface area (Å²) in [6.07, 6.45) is 6.76. The number of nitrogens with one attached hydrogen (secondary N) is 2. The number of hydrogen-bond donors (Lipinski definition) is 3. The molecule has 4 atom stereocenters. The number of ether oxygens (including phenoxy) is 2. The number of carbonyl (C=O) groups is 1. The van der Waals surface area contributed by atoms with Crippen LogP contribution in [0.2, 0.25) is 0 Å². The first kappa shape index (κ1) is 32.9. The van der Waals surface area contributed by atoms with E-state index in [0.29, 0.717) is 0 Å². The first-order valence-electron chi connectivity index (χ1n) is 18.6. The standard InChI is InChI=1S/C41H52N4O4/c1-28-37(26-45-17-15-44(16-18-45)25-29-5-3-2-4-6-29)48-39(49-38(28)34-9-7-30(27-46)8-10-34)35-11-13-36(14-12-35)42-40(47)43-41-22-31-19-32(23-41)21-33(20-31)24-41/h2-14,28,31-33,37-39,46H,15-27H2,1H3,(H2,42,43,47)/t28-,31?,32?,33?,37+,38+,39+,41?/m1/s1. The highest BCUT2D eigenvalue weighted by atomic mass is 16.7. The fourth-order valence-corrected chi connectivity index (χ4v) is 9.94. The second-order valence-corrected chi connectivity index (χ2v) is 15.8. The molecule has 2 aliphatic heterocycles. The molecule has 4 aliphatic carbocycles.